The molecule has 2 aliphatic rings. The normalized spacial score (nSPS) is 18.0. The third kappa shape index (κ3) is 5.76. The van der Waals surface area contributed by atoms with Crippen molar-refractivity contribution in [2.45, 2.75) is 45.0 Å². The van der Waals surface area contributed by atoms with Crippen molar-refractivity contribution in [3.05, 3.63) is 101 Å². The summed E-state index contributed by atoms with van der Waals surface area (Å²) in [7, 11) is 0. The maximum absolute atomic E-state index is 13.6. The Labute approximate surface area is 259 Å². The van der Waals surface area contributed by atoms with E-state index < -0.39 is 11.9 Å². The van der Waals surface area contributed by atoms with Crippen molar-refractivity contribution in [3.8, 4) is 16.9 Å². The number of aromatic nitrogens is 3. The van der Waals surface area contributed by atoms with Crippen LogP contribution in [-0.4, -0.2) is 63.6 Å². The molecule has 6 rings (SSSR count). The Balaban J connectivity index is 1.22. The first kappa shape index (κ1) is 29.7. The lowest BCUT2D eigenvalue weighted by Gasteiger charge is -2.21. The summed E-state index contributed by atoms with van der Waals surface area (Å²) in [4.78, 5) is 30.8. The van der Waals surface area contributed by atoms with E-state index in [0.717, 1.165) is 26.9 Å². The van der Waals surface area contributed by atoms with E-state index in [1.807, 2.05) is 50.2 Å². The Bertz CT molecular complexity index is 1750. The van der Waals surface area contributed by atoms with Gasteiger partial charge in [0.2, 0.25) is 0 Å². The molecule has 0 radical (unpaired) electrons. The second-order valence-electron chi connectivity index (χ2n) is 11.6. The van der Waals surface area contributed by atoms with Crippen molar-refractivity contribution in [3.63, 3.8) is 0 Å². The first-order valence-electron chi connectivity index (χ1n) is 14.2. The second-order valence-corrected chi connectivity index (χ2v) is 11.9. The molecule has 1 saturated heterocycles. The molecule has 1 aliphatic heterocycles. The molecule has 0 bridgehead atoms. The van der Waals surface area contributed by atoms with Gasteiger partial charge in [-0.3, -0.25) is 9.63 Å². The van der Waals surface area contributed by atoms with Crippen molar-refractivity contribution < 1.29 is 28.6 Å². The molecule has 0 spiro atoms. The summed E-state index contributed by atoms with van der Waals surface area (Å²) in [6.07, 6.45) is 1.77. The van der Waals surface area contributed by atoms with Crippen LogP contribution in [0, 0.1) is 0 Å². The molecule has 10 nitrogen and oxygen atoms in total. The van der Waals surface area contributed by atoms with E-state index in [2.05, 4.69) is 29.3 Å². The third-order valence-corrected chi connectivity index (χ3v) is 8.11. The lowest BCUT2D eigenvalue weighted by Crippen LogP contribution is -2.25. The first-order valence-corrected chi connectivity index (χ1v) is 14.7. The Morgan fingerprint density at radius 3 is 2.25 bits per heavy atom. The quantitative estimate of drug-likeness (QED) is 0.0784. The largest absolute Gasteiger partial charge is 0.491 e. The van der Waals surface area contributed by atoms with Gasteiger partial charge in [0, 0.05) is 22.1 Å². The molecule has 1 aromatic heterocycles. The summed E-state index contributed by atoms with van der Waals surface area (Å²) >= 11 is 6.21. The standard InChI is InChI=1S/C33H31ClN4O6/c1-32(2)27-11-7-21(29(17-34)36-44-31(40)38-14-13-35-37-38)15-25(27)26-16-22(8-12-28(26)32)30(39)20-5-9-23(10-6-20)41-18-24-19-42-33(3,4)43-24/h5-16,24H,17-19H2,1-4H3/b36-29+. The van der Waals surface area contributed by atoms with Crippen molar-refractivity contribution in [1.82, 2.24) is 15.0 Å². The number of oxime groups is 1. The number of fused-ring (bicyclic) bond motifs is 3. The van der Waals surface area contributed by atoms with Gasteiger partial charge in [-0.15, -0.1) is 16.7 Å². The van der Waals surface area contributed by atoms with E-state index in [4.69, 9.17) is 30.6 Å². The van der Waals surface area contributed by atoms with Crippen LogP contribution in [0.2, 0.25) is 0 Å². The summed E-state index contributed by atoms with van der Waals surface area (Å²) in [5.74, 6) is -0.0438. The van der Waals surface area contributed by atoms with E-state index in [1.165, 1.54) is 12.4 Å². The van der Waals surface area contributed by atoms with E-state index in [-0.39, 0.29) is 23.2 Å². The number of halogens is 1. The number of benzene rings is 3. The van der Waals surface area contributed by atoms with Crippen LogP contribution >= 0.6 is 11.6 Å². The zero-order valence-corrected chi connectivity index (χ0v) is 25.5. The van der Waals surface area contributed by atoms with Gasteiger partial charge in [0.25, 0.3) is 0 Å². The Morgan fingerprint density at radius 2 is 1.64 bits per heavy atom. The van der Waals surface area contributed by atoms with Crippen molar-refractivity contribution in [1.29, 1.82) is 0 Å². The predicted octanol–water partition coefficient (Wildman–Crippen LogP) is 5.97. The maximum atomic E-state index is 13.6. The second kappa shape index (κ2) is 11.6. The summed E-state index contributed by atoms with van der Waals surface area (Å²) in [6.45, 7) is 8.88. The van der Waals surface area contributed by atoms with Crippen LogP contribution in [0.15, 0.2) is 78.2 Å². The van der Waals surface area contributed by atoms with Gasteiger partial charge in [-0.05, 0) is 72.5 Å². The molecule has 1 unspecified atom stereocenters. The summed E-state index contributed by atoms with van der Waals surface area (Å²) in [6, 6.07) is 18.8. The monoisotopic (exact) mass is 614 g/mol. The zero-order chi connectivity index (χ0) is 31.1. The molecule has 0 saturated carbocycles. The molecule has 4 aromatic rings. The molecule has 3 aromatic carbocycles. The number of hydrogen-bond donors (Lipinski definition) is 0. The molecule has 44 heavy (non-hydrogen) atoms. The molecule has 1 atom stereocenters. The van der Waals surface area contributed by atoms with Crippen molar-refractivity contribution in [2.75, 3.05) is 19.1 Å². The molecule has 1 fully saturated rings. The molecule has 11 heteroatoms. The summed E-state index contributed by atoms with van der Waals surface area (Å²) in [5, 5.41) is 11.2. The molecular weight excluding hydrogens is 584 g/mol. The van der Waals surface area contributed by atoms with Crippen molar-refractivity contribution in [2.24, 2.45) is 5.16 Å². The summed E-state index contributed by atoms with van der Waals surface area (Å²) < 4.78 is 18.2. The van der Waals surface area contributed by atoms with E-state index in [0.29, 0.717) is 41.4 Å². The van der Waals surface area contributed by atoms with Crippen LogP contribution in [0.3, 0.4) is 0 Å². The Hall–Kier alpha value is -4.38. The minimum absolute atomic E-state index is 0.0113. The van der Waals surface area contributed by atoms with Gasteiger partial charge in [-0.25, -0.2) is 4.79 Å². The zero-order valence-electron chi connectivity index (χ0n) is 24.7. The predicted molar refractivity (Wildman–Crippen MR) is 163 cm³/mol. The minimum Gasteiger partial charge on any atom is -0.491 e. The topological polar surface area (TPSA) is 114 Å². The fraction of sp³-hybridized carbons (Fsp3) is 0.303. The summed E-state index contributed by atoms with van der Waals surface area (Å²) in [5.41, 5.74) is 6.03. The molecule has 1 aliphatic carbocycles. The van der Waals surface area contributed by atoms with Gasteiger partial charge in [0.05, 0.1) is 24.9 Å². The highest BCUT2D eigenvalue weighted by molar-refractivity contribution is 6.31. The molecular formula is C33H31ClN4O6. The molecule has 226 valence electrons. The van der Waals surface area contributed by atoms with E-state index in [9.17, 15) is 9.59 Å². The molecule has 0 N–H and O–H groups in total. The molecule has 0 amide bonds. The van der Waals surface area contributed by atoms with Gasteiger partial charge in [-0.1, -0.05) is 48.5 Å². The molecule has 2 heterocycles. The Kier molecular flexibility index (Phi) is 7.83. The van der Waals surface area contributed by atoms with Crippen molar-refractivity contribution >= 4 is 29.2 Å². The smallest absolute Gasteiger partial charge is 0.462 e. The van der Waals surface area contributed by atoms with Gasteiger partial charge in [0.1, 0.15) is 24.2 Å². The van der Waals surface area contributed by atoms with Crippen LogP contribution in [0.1, 0.15) is 60.3 Å². The fourth-order valence-electron chi connectivity index (χ4n) is 5.59. The maximum Gasteiger partial charge on any atom is 0.462 e. The van der Waals surface area contributed by atoms with Gasteiger partial charge in [0.15, 0.2) is 11.6 Å². The Morgan fingerprint density at radius 1 is 0.977 bits per heavy atom. The average Bonchev–Trinajstić information content (AvgIpc) is 3.74. The highest BCUT2D eigenvalue weighted by atomic mass is 35.5. The SMILES string of the molecule is CC1(C)OCC(COc2ccc(C(=O)c3ccc4c(c3)-c3cc(/C(CCl)=N/OC(=O)n5ccnn5)ccc3C4(C)C)cc2)O1. The lowest BCUT2D eigenvalue weighted by molar-refractivity contribution is -0.141. The number of alkyl halides is 1. The number of carbonyl (C=O) groups excluding carboxylic acids is 2. The number of ketones is 1. The van der Waals surface area contributed by atoms with Crippen LogP contribution in [-0.2, 0) is 19.7 Å². The van der Waals surface area contributed by atoms with Crippen LogP contribution in [0.25, 0.3) is 11.1 Å². The average molecular weight is 615 g/mol. The highest BCUT2D eigenvalue weighted by Crippen LogP contribution is 2.49. The minimum atomic E-state index is -0.804. The van der Waals surface area contributed by atoms with Crippen LogP contribution in [0.4, 0.5) is 4.79 Å². The third-order valence-electron chi connectivity index (χ3n) is 7.86. The first-order chi connectivity index (χ1) is 21.1. The number of carbonyl (C=O) groups is 2. The fourth-order valence-corrected chi connectivity index (χ4v) is 5.79. The number of rotatable bonds is 8. The van der Waals surface area contributed by atoms with E-state index in [1.54, 1.807) is 24.3 Å². The van der Waals surface area contributed by atoms with Gasteiger partial charge in [-0.2, -0.15) is 4.68 Å². The van der Waals surface area contributed by atoms with Crippen LogP contribution in [0.5, 0.6) is 5.75 Å². The highest BCUT2D eigenvalue weighted by Gasteiger charge is 2.36. The van der Waals surface area contributed by atoms with Crippen LogP contribution < -0.4 is 4.74 Å². The lowest BCUT2D eigenvalue weighted by atomic mass is 9.82. The van der Waals surface area contributed by atoms with Gasteiger partial charge >= 0.3 is 6.09 Å². The van der Waals surface area contributed by atoms with Gasteiger partial charge < -0.3 is 14.2 Å². The number of nitrogens with zero attached hydrogens (tertiary/aromatic N) is 4. The number of hydrogen-bond acceptors (Lipinski definition) is 9. The number of ether oxygens (including phenoxy) is 3. The van der Waals surface area contributed by atoms with E-state index >= 15 is 0 Å².